The predicted octanol–water partition coefficient (Wildman–Crippen LogP) is 3.09. The molecule has 0 fully saturated rings. The van der Waals surface area contributed by atoms with E-state index in [-0.39, 0.29) is 11.1 Å². The molecule has 2 rings (SSSR count). The largest absolute Gasteiger partial charge is 0.425 e. The third kappa shape index (κ3) is 4.88. The molecule has 1 N–H and O–H groups in total. The van der Waals surface area contributed by atoms with Crippen LogP contribution in [0.25, 0.3) is 6.08 Å². The Morgan fingerprint density at radius 1 is 1.39 bits per heavy atom. The standard InChI is InChI=1S/C14H10BrIN2O4S/c1-6(19)17-14-18-13(21)11(23-14)4-8-3-9(15)5-10(16)12(8)22-7(2)20/h3-5H,1-2H3,(H,17,18,19,21). The normalized spacial score (nSPS) is 15.6. The van der Waals surface area contributed by atoms with Crippen LogP contribution in [0.2, 0.25) is 0 Å². The summed E-state index contributed by atoms with van der Waals surface area (Å²) < 4.78 is 6.73. The van der Waals surface area contributed by atoms with Gasteiger partial charge in [0.1, 0.15) is 0 Å². The van der Waals surface area contributed by atoms with E-state index in [0.29, 0.717) is 16.2 Å². The maximum absolute atomic E-state index is 11.9. The summed E-state index contributed by atoms with van der Waals surface area (Å²) in [6.07, 6.45) is 1.58. The molecule has 23 heavy (non-hydrogen) atoms. The van der Waals surface area contributed by atoms with Gasteiger partial charge in [0.05, 0.1) is 8.48 Å². The fourth-order valence-corrected chi connectivity index (χ4v) is 4.20. The molecule has 6 nitrogen and oxygen atoms in total. The van der Waals surface area contributed by atoms with Gasteiger partial charge in [0.2, 0.25) is 5.91 Å². The molecule has 0 spiro atoms. The average molecular weight is 509 g/mol. The molecule has 1 aliphatic rings. The number of esters is 1. The minimum atomic E-state index is -0.456. The Bertz CT molecular complexity index is 776. The van der Waals surface area contributed by atoms with Crippen LogP contribution in [-0.2, 0) is 14.4 Å². The molecule has 120 valence electrons. The summed E-state index contributed by atoms with van der Waals surface area (Å²) in [7, 11) is 0. The van der Waals surface area contributed by atoms with E-state index < -0.39 is 11.9 Å². The summed E-state index contributed by atoms with van der Waals surface area (Å²) in [5, 5.41) is 2.70. The van der Waals surface area contributed by atoms with Crippen molar-refractivity contribution in [3.8, 4) is 5.75 Å². The Hall–Kier alpha value is -1.20. The summed E-state index contributed by atoms with van der Waals surface area (Å²) in [5.41, 5.74) is 0.564. The highest BCUT2D eigenvalue weighted by atomic mass is 127. The van der Waals surface area contributed by atoms with Crippen molar-refractivity contribution in [3.63, 3.8) is 0 Å². The van der Waals surface area contributed by atoms with Gasteiger partial charge in [-0.1, -0.05) is 15.9 Å². The van der Waals surface area contributed by atoms with Crippen LogP contribution >= 0.6 is 50.3 Å². The number of carbonyl (C=O) groups is 3. The van der Waals surface area contributed by atoms with Crippen LogP contribution in [0, 0.1) is 3.57 Å². The van der Waals surface area contributed by atoms with Crippen molar-refractivity contribution in [1.29, 1.82) is 0 Å². The zero-order valence-corrected chi connectivity index (χ0v) is 16.5. The fourth-order valence-electron chi connectivity index (χ4n) is 1.69. The summed E-state index contributed by atoms with van der Waals surface area (Å²) in [4.78, 5) is 38.3. The smallest absolute Gasteiger partial charge is 0.308 e. The van der Waals surface area contributed by atoms with Crippen molar-refractivity contribution in [2.75, 3.05) is 0 Å². The van der Waals surface area contributed by atoms with E-state index in [0.717, 1.165) is 19.8 Å². The quantitative estimate of drug-likeness (QED) is 0.287. The third-order valence-electron chi connectivity index (χ3n) is 2.47. The third-order valence-corrected chi connectivity index (χ3v) is 4.63. The molecule has 0 unspecified atom stereocenters. The summed E-state index contributed by atoms with van der Waals surface area (Å²) in [6.45, 7) is 2.65. The maximum atomic E-state index is 11.9. The maximum Gasteiger partial charge on any atom is 0.308 e. The van der Waals surface area contributed by atoms with E-state index in [9.17, 15) is 14.4 Å². The van der Waals surface area contributed by atoms with Gasteiger partial charge < -0.3 is 10.1 Å². The Labute approximate surface area is 158 Å². The lowest BCUT2D eigenvalue weighted by molar-refractivity contribution is -0.132. The van der Waals surface area contributed by atoms with E-state index in [1.807, 2.05) is 22.6 Å². The number of hydrogen-bond donors (Lipinski definition) is 1. The molecule has 0 saturated carbocycles. The number of thioether (sulfide) groups is 1. The molecule has 1 aromatic carbocycles. The number of carbonyl (C=O) groups excluding carboxylic acids is 3. The number of nitrogens with zero attached hydrogens (tertiary/aromatic N) is 1. The van der Waals surface area contributed by atoms with Gasteiger partial charge in [-0.3, -0.25) is 14.4 Å². The van der Waals surface area contributed by atoms with Gasteiger partial charge >= 0.3 is 5.97 Å². The van der Waals surface area contributed by atoms with Crippen molar-refractivity contribution < 1.29 is 19.1 Å². The van der Waals surface area contributed by atoms with Gasteiger partial charge in [-0.15, -0.1) is 0 Å². The predicted molar refractivity (Wildman–Crippen MR) is 100.0 cm³/mol. The lowest BCUT2D eigenvalue weighted by Crippen LogP contribution is -2.23. The number of amidine groups is 1. The van der Waals surface area contributed by atoms with Crippen LogP contribution in [0.4, 0.5) is 0 Å². The number of ether oxygens (including phenoxy) is 1. The van der Waals surface area contributed by atoms with Crippen LogP contribution in [0.15, 0.2) is 26.5 Å². The highest BCUT2D eigenvalue weighted by Gasteiger charge is 2.23. The van der Waals surface area contributed by atoms with E-state index in [2.05, 4.69) is 26.2 Å². The van der Waals surface area contributed by atoms with Crippen LogP contribution in [0.5, 0.6) is 5.75 Å². The molecule has 1 heterocycles. The number of nitrogens with one attached hydrogen (secondary N) is 1. The number of benzene rings is 1. The molecule has 0 aromatic heterocycles. The molecule has 0 aliphatic carbocycles. The topological polar surface area (TPSA) is 84.8 Å². The number of rotatable bonds is 2. The highest BCUT2D eigenvalue weighted by molar-refractivity contribution is 14.1. The highest BCUT2D eigenvalue weighted by Crippen LogP contribution is 2.35. The first-order chi connectivity index (χ1) is 10.8. The van der Waals surface area contributed by atoms with E-state index in [4.69, 9.17) is 4.74 Å². The van der Waals surface area contributed by atoms with Crippen LogP contribution in [0.3, 0.4) is 0 Å². The van der Waals surface area contributed by atoms with Gasteiger partial charge in [-0.25, -0.2) is 0 Å². The number of hydrogen-bond acceptors (Lipinski definition) is 5. The van der Waals surface area contributed by atoms with Crippen molar-refractivity contribution >= 4 is 79.3 Å². The number of halogens is 2. The molecule has 0 radical (unpaired) electrons. The number of amides is 2. The second-order valence-corrected chi connectivity index (χ2v) is 7.52. The summed E-state index contributed by atoms with van der Waals surface area (Å²) in [6, 6.07) is 3.53. The summed E-state index contributed by atoms with van der Waals surface area (Å²) in [5.74, 6) is -0.842. The molecule has 2 amide bonds. The lowest BCUT2D eigenvalue weighted by atomic mass is 10.2. The lowest BCUT2D eigenvalue weighted by Gasteiger charge is -2.09. The van der Waals surface area contributed by atoms with Crippen LogP contribution in [-0.4, -0.2) is 23.0 Å². The SMILES string of the molecule is CC(=O)NC1=NC(=O)C(=Cc2cc(Br)cc(I)c2OC(C)=O)S1. The van der Waals surface area contributed by atoms with Gasteiger partial charge in [-0.05, 0) is 52.6 Å². The first-order valence-corrected chi connectivity index (χ1v) is 8.92. The van der Waals surface area contributed by atoms with Crippen molar-refractivity contribution in [3.05, 3.63) is 30.6 Å². The first kappa shape index (κ1) is 18.1. The Morgan fingerprint density at radius 3 is 2.70 bits per heavy atom. The van der Waals surface area contributed by atoms with Gasteiger partial charge in [0.15, 0.2) is 10.9 Å². The molecule has 1 aliphatic heterocycles. The summed E-state index contributed by atoms with van der Waals surface area (Å²) >= 11 is 6.47. The zero-order chi connectivity index (χ0) is 17.1. The van der Waals surface area contributed by atoms with Crippen molar-refractivity contribution in [1.82, 2.24) is 5.32 Å². The zero-order valence-electron chi connectivity index (χ0n) is 12.0. The van der Waals surface area contributed by atoms with Gasteiger partial charge in [-0.2, -0.15) is 4.99 Å². The van der Waals surface area contributed by atoms with Gasteiger partial charge in [0.25, 0.3) is 5.91 Å². The second kappa shape index (κ2) is 7.58. The molecule has 0 saturated heterocycles. The minimum absolute atomic E-state index is 0.229. The first-order valence-electron chi connectivity index (χ1n) is 6.24. The molecular formula is C14H10BrIN2O4S. The average Bonchev–Trinajstić information content (AvgIpc) is 2.72. The molecular weight excluding hydrogens is 499 g/mol. The van der Waals surface area contributed by atoms with E-state index >= 15 is 0 Å². The van der Waals surface area contributed by atoms with E-state index in [1.165, 1.54) is 13.8 Å². The Balaban J connectivity index is 2.38. The van der Waals surface area contributed by atoms with Crippen LogP contribution in [0.1, 0.15) is 19.4 Å². The molecule has 0 atom stereocenters. The van der Waals surface area contributed by atoms with Crippen molar-refractivity contribution in [2.45, 2.75) is 13.8 Å². The Kier molecular flexibility index (Phi) is 5.98. The van der Waals surface area contributed by atoms with E-state index in [1.54, 1.807) is 18.2 Å². The minimum Gasteiger partial charge on any atom is -0.425 e. The number of aliphatic imine (C=N–C) groups is 1. The van der Waals surface area contributed by atoms with Crippen molar-refractivity contribution in [2.24, 2.45) is 4.99 Å². The molecule has 9 heteroatoms. The monoisotopic (exact) mass is 508 g/mol. The second-order valence-electron chi connectivity index (χ2n) is 4.41. The van der Waals surface area contributed by atoms with Crippen LogP contribution < -0.4 is 10.1 Å². The van der Waals surface area contributed by atoms with Gasteiger partial charge in [0, 0.05) is 23.9 Å². The fraction of sp³-hybridized carbons (Fsp3) is 0.143. The molecule has 0 bridgehead atoms. The molecule has 1 aromatic rings. The Morgan fingerprint density at radius 2 is 2.09 bits per heavy atom.